The first-order chi connectivity index (χ1) is 45.2. The van der Waals surface area contributed by atoms with Crippen molar-refractivity contribution in [1.82, 2.24) is 83.0 Å². The number of nitrogens with zero attached hydrogens (tertiary/aromatic N) is 16. The van der Waals surface area contributed by atoms with E-state index in [0.29, 0.717) is 74.7 Å². The molecule has 26 nitrogen and oxygen atoms in total. The highest BCUT2D eigenvalue weighted by Crippen LogP contribution is 2.37. The Morgan fingerprint density at radius 2 is 1.23 bits per heavy atom. The molecule has 0 radical (unpaired) electrons. The van der Waals surface area contributed by atoms with Gasteiger partial charge in [0.25, 0.3) is 11.7 Å². The van der Waals surface area contributed by atoms with E-state index in [4.69, 9.17) is 33.4 Å². The van der Waals surface area contributed by atoms with Gasteiger partial charge in [0.05, 0.1) is 52.1 Å². The van der Waals surface area contributed by atoms with Gasteiger partial charge in [0, 0.05) is 96.6 Å². The fourth-order valence-electron chi connectivity index (χ4n) is 11.5. The largest absolute Gasteiger partial charge is 0.356 e. The molecule has 482 valence electrons. The molecule has 10 heterocycles. The third-order valence-corrected chi connectivity index (χ3v) is 16.7. The Kier molecular flexibility index (Phi) is 16.8. The fourth-order valence-corrected chi connectivity index (χ4v) is 12.0. The van der Waals surface area contributed by atoms with E-state index in [0.717, 1.165) is 19.3 Å². The zero-order chi connectivity index (χ0) is 65.8. The van der Waals surface area contributed by atoms with E-state index in [1.54, 1.807) is 59.3 Å². The number of benzene rings is 5. The Bertz CT molecular complexity index is 5170. The quantitative estimate of drug-likeness (QED) is 0.0954. The number of halogens is 8. The van der Waals surface area contributed by atoms with Crippen molar-refractivity contribution in [2.45, 2.75) is 84.5 Å². The Balaban J connectivity index is 0.930. The molecule has 6 aromatic heterocycles. The number of carbonyl (C=O) groups excluding carboxylic acids is 2. The second-order valence-corrected chi connectivity index (χ2v) is 23.2. The molecular weight excluding hydrogens is 1280 g/mol. The monoisotopic (exact) mass is 1330 g/mol. The molecule has 0 spiro atoms. The highest BCUT2D eigenvalue weighted by molar-refractivity contribution is 6.35. The van der Waals surface area contributed by atoms with Gasteiger partial charge in [-0.1, -0.05) is 35.3 Å². The van der Waals surface area contributed by atoms with Crippen LogP contribution in [0.1, 0.15) is 69.1 Å². The summed E-state index contributed by atoms with van der Waals surface area (Å²) < 4.78 is 100. The first-order valence-electron chi connectivity index (χ1n) is 29.2. The molecule has 0 saturated heterocycles. The van der Waals surface area contributed by atoms with Crippen LogP contribution in [0.3, 0.4) is 0 Å². The summed E-state index contributed by atoms with van der Waals surface area (Å²) in [5.74, 6) is -9.72. The predicted octanol–water partition coefficient (Wildman–Crippen LogP) is 5.13. The molecule has 0 fully saturated rings. The average molecular weight is 1330 g/mol. The number of carbonyl (C=O) groups is 2. The van der Waals surface area contributed by atoms with Crippen molar-refractivity contribution < 1.29 is 40.5 Å². The smallest absolute Gasteiger partial charge is 0.355 e. The van der Waals surface area contributed by atoms with Crippen LogP contribution in [-0.4, -0.2) is 97.2 Å². The minimum Gasteiger partial charge on any atom is -0.356 e. The van der Waals surface area contributed by atoms with E-state index in [1.807, 2.05) is 6.07 Å². The molecule has 11 aromatic rings. The molecular formula is C60H51Cl2F6N20O6+. The summed E-state index contributed by atoms with van der Waals surface area (Å²) in [6.07, 6.45) is 7.29. The number of fused-ring (bicyclic) bond motifs is 17. The van der Waals surface area contributed by atoms with E-state index >= 15 is 13.6 Å². The maximum absolute atomic E-state index is 15.7. The van der Waals surface area contributed by atoms with Crippen molar-refractivity contribution in [2.75, 3.05) is 23.7 Å². The molecule has 5 aromatic carbocycles. The molecule has 4 N–H and O–H groups in total. The van der Waals surface area contributed by atoms with Crippen molar-refractivity contribution in [1.29, 1.82) is 0 Å². The normalized spacial score (nSPS) is 14.2. The van der Waals surface area contributed by atoms with Gasteiger partial charge in [-0.2, -0.15) is 25.3 Å². The zero-order valence-corrected chi connectivity index (χ0v) is 50.8. The minimum absolute atomic E-state index is 0.00453. The van der Waals surface area contributed by atoms with E-state index in [-0.39, 0.29) is 109 Å². The summed E-state index contributed by atoms with van der Waals surface area (Å²) in [7, 11) is 1.70. The maximum atomic E-state index is 15.7. The van der Waals surface area contributed by atoms with Crippen LogP contribution in [0.5, 0.6) is 0 Å². The van der Waals surface area contributed by atoms with Crippen molar-refractivity contribution in [3.8, 4) is 0 Å². The average Bonchev–Trinajstić information content (AvgIpc) is 1.36. The molecule has 0 atom stereocenters. The van der Waals surface area contributed by atoms with Gasteiger partial charge in [0.15, 0.2) is 29.9 Å². The van der Waals surface area contributed by atoms with Gasteiger partial charge in [0.2, 0.25) is 24.1 Å². The molecule has 15 rings (SSSR count). The van der Waals surface area contributed by atoms with Crippen LogP contribution in [0.2, 0.25) is 10.0 Å². The number of nitrogens with one attached hydrogen (secondary N) is 4. The molecule has 4 aliphatic rings. The first kappa shape index (κ1) is 62.1. The van der Waals surface area contributed by atoms with Crippen molar-refractivity contribution >= 4 is 80.1 Å². The lowest BCUT2D eigenvalue weighted by Gasteiger charge is -2.19. The lowest BCUT2D eigenvalue weighted by Crippen LogP contribution is -2.47. The standard InChI is InChI=1S/C60H50Cl2F6N20O6/c1-80-24-37-35-7-3-11-70-54(90)32-6-2-5-31(15-32)10-14-82-29-81(50(79-82)27-87-58(92)76-55(73-52(35)39(61)18-47(37)77-80)85(60(87)94)23-34-17-44(66)46(68)21-42(34)64)30-83-25-38-36-9-12-69-51(89)8-4-13-88-49(71-28-72-88)26-86-57(91)75-56(74-53(36)40(62)19-48(38)78-83)84(59(86)93)22-33-16-43(65)45(67)20-41(33)63/h2,5-6,15-21,24-25,28-29H,3-4,7-14,22-23,26-27,30H2,1H3,(H3-,69,70,73,74,75,76,89,90,91,92)/p+1. The van der Waals surface area contributed by atoms with Crippen molar-refractivity contribution in [2.24, 2.45) is 7.05 Å². The molecule has 0 aliphatic carbocycles. The highest BCUT2D eigenvalue weighted by Gasteiger charge is 2.28. The van der Waals surface area contributed by atoms with Crippen LogP contribution in [0.4, 0.5) is 49.6 Å². The molecule has 34 heteroatoms. The molecule has 8 bridgehead atoms. The maximum Gasteiger partial charge on any atom is 0.355 e. The van der Waals surface area contributed by atoms with Crippen LogP contribution in [0.15, 0.2) is 105 Å². The Morgan fingerprint density at radius 1 is 0.617 bits per heavy atom. The summed E-state index contributed by atoms with van der Waals surface area (Å²) in [6.45, 7) is -2.43. The minimum atomic E-state index is -1.49. The Labute approximate surface area is 534 Å². The number of rotatable bonds is 6. The van der Waals surface area contributed by atoms with Gasteiger partial charge in [-0.25, -0.2) is 73.6 Å². The summed E-state index contributed by atoms with van der Waals surface area (Å²) in [6, 6.07) is 11.8. The SMILES string of the molecule is Cn1cc2c3c(c(Cl)cc2n1)Nc1nc(=O)n(c(=O)n1Cc1cc(F)c(F)cc1F)Cc1nn(c[n+]1Cn1cc2c4c(c(Cl)cc2n1)Nc1nc(=O)n(c(=O)n1Cc1cc(F)c(F)cc1F)Cc1ncnn1CCCC(=O)NCC4)CCc1cccc(c1)C(=O)NCCC3. The van der Waals surface area contributed by atoms with Crippen LogP contribution in [0, 0.1) is 34.9 Å². The third-order valence-electron chi connectivity index (χ3n) is 16.1. The summed E-state index contributed by atoms with van der Waals surface area (Å²) >= 11 is 14.1. The van der Waals surface area contributed by atoms with E-state index in [9.17, 15) is 41.5 Å². The molecule has 0 saturated carbocycles. The number of aromatic nitrogens is 16. The Hall–Kier alpha value is -10.8. The lowest BCUT2D eigenvalue weighted by molar-refractivity contribution is -0.710. The molecule has 4 aliphatic heterocycles. The van der Waals surface area contributed by atoms with Gasteiger partial charge in [-0.05, 0) is 78.8 Å². The van der Waals surface area contributed by atoms with E-state index < -0.39 is 107 Å². The molecule has 2 amide bonds. The van der Waals surface area contributed by atoms with Gasteiger partial charge in [-0.3, -0.25) is 23.4 Å². The summed E-state index contributed by atoms with van der Waals surface area (Å²) in [5, 5.41) is 31.3. The summed E-state index contributed by atoms with van der Waals surface area (Å²) in [4.78, 5) is 98.0. The lowest BCUT2D eigenvalue weighted by atomic mass is 10.0. The summed E-state index contributed by atoms with van der Waals surface area (Å²) in [5.41, 5.74) is -2.39. The second-order valence-electron chi connectivity index (χ2n) is 22.4. The van der Waals surface area contributed by atoms with Gasteiger partial charge in [-0.15, -0.1) is 4.68 Å². The molecule has 0 unspecified atom stereocenters. The van der Waals surface area contributed by atoms with Crippen molar-refractivity contribution in [3.05, 3.63) is 218 Å². The van der Waals surface area contributed by atoms with Gasteiger partial charge in [0.1, 0.15) is 36.9 Å². The highest BCUT2D eigenvalue weighted by atomic mass is 35.5. The van der Waals surface area contributed by atoms with E-state index in [2.05, 4.69) is 46.4 Å². The van der Waals surface area contributed by atoms with E-state index in [1.165, 1.54) is 26.4 Å². The predicted molar refractivity (Wildman–Crippen MR) is 326 cm³/mol. The van der Waals surface area contributed by atoms with Gasteiger partial charge >= 0.3 is 22.8 Å². The van der Waals surface area contributed by atoms with Crippen LogP contribution < -0.4 is 48.6 Å². The van der Waals surface area contributed by atoms with Crippen LogP contribution >= 0.6 is 23.2 Å². The zero-order valence-electron chi connectivity index (χ0n) is 49.3. The Morgan fingerprint density at radius 3 is 1.90 bits per heavy atom. The number of amides is 2. The van der Waals surface area contributed by atoms with Crippen LogP contribution in [-0.2, 0) is 77.0 Å². The fraction of sp³-hybridized carbons (Fsp3) is 0.267. The number of anilines is 4. The molecule has 94 heavy (non-hydrogen) atoms. The van der Waals surface area contributed by atoms with Crippen LogP contribution in [0.25, 0.3) is 21.8 Å². The first-order valence-corrected chi connectivity index (χ1v) is 30.0. The number of hydrogen-bond acceptors (Lipinski definition) is 15. The number of hydrogen-bond donors (Lipinski definition) is 4. The topological polar surface area (TPSA) is 284 Å². The van der Waals surface area contributed by atoms with Crippen molar-refractivity contribution in [3.63, 3.8) is 0 Å². The van der Waals surface area contributed by atoms with Gasteiger partial charge < -0.3 is 21.3 Å². The number of aryl methyl sites for hydroxylation is 5. The second kappa shape index (κ2) is 25.4. The third kappa shape index (κ3) is 12.4.